The Bertz CT molecular complexity index is 404. The topological polar surface area (TPSA) is 21.3 Å². The van der Waals surface area contributed by atoms with Crippen molar-refractivity contribution >= 4 is 0 Å². The van der Waals surface area contributed by atoms with Gasteiger partial charge >= 0.3 is 0 Å². The molecule has 1 aliphatic carbocycles. The quantitative estimate of drug-likeness (QED) is 0.802. The van der Waals surface area contributed by atoms with Crippen LogP contribution in [0.3, 0.4) is 0 Å². The maximum atomic E-state index is 14.4. The van der Waals surface area contributed by atoms with Gasteiger partial charge in [-0.05, 0) is 31.4 Å². The van der Waals surface area contributed by atoms with Crippen molar-refractivity contribution in [2.45, 2.75) is 45.1 Å². The largest absolute Gasteiger partial charge is 0.494 e. The van der Waals surface area contributed by atoms with E-state index in [1.807, 2.05) is 12.1 Å². The molecule has 0 radical (unpaired) electrons. The van der Waals surface area contributed by atoms with Gasteiger partial charge < -0.3 is 10.1 Å². The first-order valence-corrected chi connectivity index (χ1v) is 7.32. The van der Waals surface area contributed by atoms with E-state index in [-0.39, 0.29) is 11.9 Å². The van der Waals surface area contributed by atoms with Crippen LogP contribution in [0.4, 0.5) is 4.39 Å². The first kappa shape index (κ1) is 14.3. The Morgan fingerprint density at radius 2 is 2.21 bits per heavy atom. The fourth-order valence-electron chi connectivity index (χ4n) is 2.66. The molecular weight excluding hydrogens is 241 g/mol. The second kappa shape index (κ2) is 6.90. The third-order valence-electron chi connectivity index (χ3n) is 4.02. The fourth-order valence-corrected chi connectivity index (χ4v) is 2.66. The lowest BCUT2D eigenvalue weighted by molar-refractivity contribution is 0.258. The molecule has 0 spiro atoms. The number of halogens is 1. The first-order valence-electron chi connectivity index (χ1n) is 7.32. The van der Waals surface area contributed by atoms with Crippen LogP contribution < -0.4 is 10.1 Å². The van der Waals surface area contributed by atoms with Crippen molar-refractivity contribution in [1.29, 1.82) is 0 Å². The second-order valence-electron chi connectivity index (χ2n) is 5.40. The van der Waals surface area contributed by atoms with Gasteiger partial charge in [0.2, 0.25) is 0 Å². The lowest BCUT2D eigenvalue weighted by atomic mass is 9.79. The molecule has 0 bridgehead atoms. The van der Waals surface area contributed by atoms with E-state index in [0.717, 1.165) is 30.9 Å². The van der Waals surface area contributed by atoms with E-state index in [9.17, 15) is 4.39 Å². The molecule has 2 nitrogen and oxygen atoms in total. The van der Waals surface area contributed by atoms with E-state index in [4.69, 9.17) is 4.74 Å². The molecule has 0 saturated heterocycles. The highest BCUT2D eigenvalue weighted by atomic mass is 19.1. The molecule has 106 valence electrons. The number of methoxy groups -OCH3 is 1. The number of nitrogens with one attached hydrogen (secondary N) is 1. The van der Waals surface area contributed by atoms with Gasteiger partial charge in [-0.25, -0.2) is 4.39 Å². The summed E-state index contributed by atoms with van der Waals surface area (Å²) in [5.41, 5.74) is 0.750. The minimum Gasteiger partial charge on any atom is -0.494 e. The van der Waals surface area contributed by atoms with Crippen molar-refractivity contribution in [3.05, 3.63) is 29.6 Å². The van der Waals surface area contributed by atoms with E-state index < -0.39 is 0 Å². The zero-order valence-corrected chi connectivity index (χ0v) is 11.9. The molecule has 1 aromatic rings. The third kappa shape index (κ3) is 3.47. The number of ether oxygens (including phenoxy) is 1. The Morgan fingerprint density at radius 1 is 1.42 bits per heavy atom. The van der Waals surface area contributed by atoms with Crippen molar-refractivity contribution in [3.8, 4) is 5.75 Å². The molecule has 19 heavy (non-hydrogen) atoms. The molecule has 1 fully saturated rings. The van der Waals surface area contributed by atoms with Gasteiger partial charge in [-0.3, -0.25) is 0 Å². The van der Waals surface area contributed by atoms with Gasteiger partial charge in [-0.1, -0.05) is 38.3 Å². The van der Waals surface area contributed by atoms with Crippen LogP contribution in [-0.2, 0) is 0 Å². The number of rotatable bonds is 7. The molecule has 3 heteroatoms. The van der Waals surface area contributed by atoms with E-state index in [1.54, 1.807) is 6.07 Å². The average Bonchev–Trinajstić information content (AvgIpc) is 2.38. The summed E-state index contributed by atoms with van der Waals surface area (Å²) in [6, 6.07) is 5.54. The lowest BCUT2D eigenvalue weighted by Crippen LogP contribution is -2.27. The van der Waals surface area contributed by atoms with Gasteiger partial charge in [-0.15, -0.1) is 0 Å². The summed E-state index contributed by atoms with van der Waals surface area (Å²) in [6.07, 6.45) is 5.99. The van der Waals surface area contributed by atoms with Crippen molar-refractivity contribution < 1.29 is 9.13 Å². The van der Waals surface area contributed by atoms with Gasteiger partial charge in [0.1, 0.15) is 0 Å². The summed E-state index contributed by atoms with van der Waals surface area (Å²) in [6.45, 7) is 3.06. The lowest BCUT2D eigenvalue weighted by Gasteiger charge is -2.30. The van der Waals surface area contributed by atoms with Crippen LogP contribution >= 0.6 is 0 Å². The van der Waals surface area contributed by atoms with Crippen molar-refractivity contribution in [1.82, 2.24) is 5.32 Å². The molecule has 1 aliphatic rings. The molecule has 1 N–H and O–H groups in total. The average molecular weight is 265 g/mol. The number of hydrogen-bond donors (Lipinski definition) is 1. The molecule has 1 saturated carbocycles. The summed E-state index contributed by atoms with van der Waals surface area (Å²) in [5.74, 6) is 0.882. The Hall–Kier alpha value is -1.09. The molecule has 0 amide bonds. The summed E-state index contributed by atoms with van der Waals surface area (Å²) in [4.78, 5) is 0. The first-order chi connectivity index (χ1) is 9.26. The fraction of sp³-hybridized carbons (Fsp3) is 0.625. The van der Waals surface area contributed by atoms with Gasteiger partial charge in [0, 0.05) is 11.6 Å². The Kier molecular flexibility index (Phi) is 5.20. The highest BCUT2D eigenvalue weighted by molar-refractivity contribution is 5.33. The molecule has 0 heterocycles. The van der Waals surface area contributed by atoms with E-state index >= 15 is 0 Å². The highest BCUT2D eigenvalue weighted by Crippen LogP contribution is 2.36. The number of hydrogen-bond acceptors (Lipinski definition) is 2. The zero-order valence-electron chi connectivity index (χ0n) is 11.9. The molecule has 0 aromatic heterocycles. The normalized spacial score (nSPS) is 17.0. The van der Waals surface area contributed by atoms with Gasteiger partial charge in [0.25, 0.3) is 0 Å². The van der Waals surface area contributed by atoms with E-state index in [2.05, 4.69) is 12.2 Å². The van der Waals surface area contributed by atoms with Gasteiger partial charge in [-0.2, -0.15) is 0 Å². The second-order valence-corrected chi connectivity index (χ2v) is 5.40. The van der Waals surface area contributed by atoms with Crippen molar-refractivity contribution in [2.24, 2.45) is 5.92 Å². The summed E-state index contributed by atoms with van der Waals surface area (Å²) >= 11 is 0. The van der Waals surface area contributed by atoms with Crippen LogP contribution in [0, 0.1) is 11.7 Å². The maximum Gasteiger partial charge on any atom is 0.169 e. The van der Waals surface area contributed by atoms with E-state index in [0.29, 0.717) is 5.75 Å². The molecule has 1 atom stereocenters. The zero-order chi connectivity index (χ0) is 13.7. The SMILES string of the molecule is CCCNC(CC1CCC1)c1cccc(OC)c1F. The van der Waals surface area contributed by atoms with Crippen LogP contribution in [0.25, 0.3) is 0 Å². The highest BCUT2D eigenvalue weighted by Gasteiger charge is 2.25. The van der Waals surface area contributed by atoms with Crippen molar-refractivity contribution in [2.75, 3.05) is 13.7 Å². The van der Waals surface area contributed by atoms with Crippen LogP contribution in [0.5, 0.6) is 5.75 Å². The van der Waals surface area contributed by atoms with Crippen LogP contribution in [-0.4, -0.2) is 13.7 Å². The third-order valence-corrected chi connectivity index (χ3v) is 4.02. The summed E-state index contributed by atoms with van der Waals surface area (Å²) in [7, 11) is 1.52. The van der Waals surface area contributed by atoms with Gasteiger partial charge in [0.05, 0.1) is 7.11 Å². The minimum atomic E-state index is -0.210. The monoisotopic (exact) mass is 265 g/mol. The summed E-state index contributed by atoms with van der Waals surface area (Å²) < 4.78 is 19.4. The molecule has 2 rings (SSSR count). The van der Waals surface area contributed by atoms with Crippen LogP contribution in [0.15, 0.2) is 18.2 Å². The molecule has 1 unspecified atom stereocenters. The summed E-state index contributed by atoms with van der Waals surface area (Å²) in [5, 5.41) is 3.48. The van der Waals surface area contributed by atoms with Gasteiger partial charge in [0.15, 0.2) is 11.6 Å². The predicted octanol–water partition coefficient (Wildman–Crippen LogP) is 4.07. The van der Waals surface area contributed by atoms with E-state index in [1.165, 1.54) is 26.4 Å². The molecule has 1 aromatic carbocycles. The Labute approximate surface area is 115 Å². The smallest absolute Gasteiger partial charge is 0.169 e. The number of benzene rings is 1. The Morgan fingerprint density at radius 3 is 2.79 bits per heavy atom. The van der Waals surface area contributed by atoms with Crippen molar-refractivity contribution in [3.63, 3.8) is 0 Å². The predicted molar refractivity (Wildman–Crippen MR) is 75.9 cm³/mol. The minimum absolute atomic E-state index is 0.111. The Balaban J connectivity index is 2.15. The van der Waals surface area contributed by atoms with Crippen LogP contribution in [0.1, 0.15) is 50.6 Å². The van der Waals surface area contributed by atoms with Crippen LogP contribution in [0.2, 0.25) is 0 Å². The standard InChI is InChI=1S/C16H24FNO/c1-3-10-18-14(11-12-6-4-7-12)13-8-5-9-15(19-2)16(13)17/h5,8-9,12,14,18H,3-4,6-7,10-11H2,1-2H3. The molecular formula is C16H24FNO. The molecule has 0 aliphatic heterocycles. The maximum absolute atomic E-state index is 14.4.